The third kappa shape index (κ3) is 3.39. The van der Waals surface area contributed by atoms with Gasteiger partial charge >= 0.3 is 11.9 Å². The number of hydrogen-bond acceptors (Lipinski definition) is 3. The largest absolute Gasteiger partial charge is 0.481 e. The smallest absolute Gasteiger partial charge is 0.308 e. The van der Waals surface area contributed by atoms with Crippen LogP contribution in [0.15, 0.2) is 24.3 Å². The molecule has 1 aromatic carbocycles. The summed E-state index contributed by atoms with van der Waals surface area (Å²) in [5, 5.41) is 18.1. The molecule has 6 nitrogen and oxygen atoms in total. The molecule has 0 aliphatic carbocycles. The molecular weight excluding hydrogens is 274 g/mol. The van der Waals surface area contributed by atoms with Crippen molar-refractivity contribution in [1.29, 1.82) is 0 Å². The number of benzene rings is 1. The van der Waals surface area contributed by atoms with Gasteiger partial charge in [-0.1, -0.05) is 29.8 Å². The van der Waals surface area contributed by atoms with Crippen LogP contribution in [0.1, 0.15) is 30.0 Å². The van der Waals surface area contributed by atoms with Crippen molar-refractivity contribution in [2.75, 3.05) is 6.54 Å². The van der Waals surface area contributed by atoms with Crippen LogP contribution in [0.5, 0.6) is 0 Å². The van der Waals surface area contributed by atoms with Gasteiger partial charge in [0.15, 0.2) is 0 Å². The number of amides is 1. The molecule has 0 bridgehead atoms. The number of likely N-dealkylation sites (tertiary alicyclic amines) is 1. The normalized spacial score (nSPS) is 19.6. The summed E-state index contributed by atoms with van der Waals surface area (Å²) in [4.78, 5) is 35.5. The maximum atomic E-state index is 12.0. The van der Waals surface area contributed by atoms with Crippen LogP contribution in [0.25, 0.3) is 0 Å². The number of carbonyl (C=O) groups excluding carboxylic acids is 1. The first-order chi connectivity index (χ1) is 9.88. The molecule has 0 radical (unpaired) electrons. The van der Waals surface area contributed by atoms with Gasteiger partial charge in [0.25, 0.3) is 0 Å². The fraction of sp³-hybridized carbons (Fsp3) is 0.400. The molecule has 1 heterocycles. The average molecular weight is 291 g/mol. The van der Waals surface area contributed by atoms with Crippen molar-refractivity contribution < 1.29 is 24.6 Å². The van der Waals surface area contributed by atoms with E-state index in [9.17, 15) is 14.4 Å². The number of aryl methyl sites for hydroxylation is 1. The number of rotatable bonds is 5. The molecule has 1 aromatic rings. The Kier molecular flexibility index (Phi) is 4.26. The summed E-state index contributed by atoms with van der Waals surface area (Å²) >= 11 is 0. The molecule has 1 saturated heterocycles. The highest BCUT2D eigenvalue weighted by atomic mass is 16.4. The van der Waals surface area contributed by atoms with Gasteiger partial charge in [0, 0.05) is 13.0 Å². The van der Waals surface area contributed by atoms with Crippen molar-refractivity contribution in [1.82, 2.24) is 4.90 Å². The van der Waals surface area contributed by atoms with E-state index in [0.29, 0.717) is 0 Å². The lowest BCUT2D eigenvalue weighted by atomic mass is 10.00. The molecule has 1 aliphatic heterocycles. The van der Waals surface area contributed by atoms with E-state index in [2.05, 4.69) is 0 Å². The van der Waals surface area contributed by atoms with Gasteiger partial charge in [0.2, 0.25) is 5.91 Å². The van der Waals surface area contributed by atoms with Gasteiger partial charge in [0.1, 0.15) is 0 Å². The molecule has 1 aliphatic rings. The van der Waals surface area contributed by atoms with Crippen LogP contribution in [0.2, 0.25) is 0 Å². The van der Waals surface area contributed by atoms with Crippen molar-refractivity contribution in [2.45, 2.75) is 25.8 Å². The molecular formula is C15H17NO5. The number of carboxylic acid groups (broad SMARTS) is 2. The van der Waals surface area contributed by atoms with Gasteiger partial charge in [-0.15, -0.1) is 0 Å². The van der Waals surface area contributed by atoms with Gasteiger partial charge in [-0.3, -0.25) is 14.4 Å². The van der Waals surface area contributed by atoms with Crippen LogP contribution in [-0.4, -0.2) is 39.5 Å². The molecule has 6 heteroatoms. The Morgan fingerprint density at radius 2 is 2.10 bits per heavy atom. The van der Waals surface area contributed by atoms with Gasteiger partial charge in [-0.25, -0.2) is 0 Å². The zero-order valence-electron chi connectivity index (χ0n) is 11.7. The Morgan fingerprint density at radius 1 is 1.38 bits per heavy atom. The number of nitrogens with zero attached hydrogens (tertiary/aromatic N) is 1. The molecule has 2 rings (SSSR count). The fourth-order valence-corrected chi connectivity index (χ4v) is 2.65. The third-order valence-electron chi connectivity index (χ3n) is 3.68. The van der Waals surface area contributed by atoms with Crippen molar-refractivity contribution in [3.05, 3.63) is 35.4 Å². The van der Waals surface area contributed by atoms with Crippen LogP contribution < -0.4 is 0 Å². The fourth-order valence-electron chi connectivity index (χ4n) is 2.65. The predicted molar refractivity (Wildman–Crippen MR) is 73.6 cm³/mol. The summed E-state index contributed by atoms with van der Waals surface area (Å²) in [6.07, 6.45) is -0.307. The zero-order chi connectivity index (χ0) is 15.6. The molecule has 2 N–H and O–H groups in total. The van der Waals surface area contributed by atoms with Gasteiger partial charge in [-0.2, -0.15) is 0 Å². The van der Waals surface area contributed by atoms with Crippen molar-refractivity contribution in [3.63, 3.8) is 0 Å². The molecule has 1 fully saturated rings. The molecule has 2 unspecified atom stereocenters. The maximum absolute atomic E-state index is 12.0. The standard InChI is InChI=1S/C15H17NO5/c1-9-3-2-4-10(5-9)12(7-14(18)19)16-8-11(15(20)21)6-13(16)17/h2-5,11-12H,6-8H2,1H3,(H,18,19)(H,20,21). The Bertz CT molecular complexity index is 583. The molecule has 112 valence electrons. The Morgan fingerprint density at radius 3 is 2.62 bits per heavy atom. The highest BCUT2D eigenvalue weighted by Gasteiger charge is 2.39. The molecule has 21 heavy (non-hydrogen) atoms. The minimum Gasteiger partial charge on any atom is -0.481 e. The van der Waals surface area contributed by atoms with Crippen LogP contribution in [0.4, 0.5) is 0 Å². The lowest BCUT2D eigenvalue weighted by molar-refractivity contribution is -0.141. The summed E-state index contributed by atoms with van der Waals surface area (Å²) in [6, 6.07) is 6.65. The second kappa shape index (κ2) is 5.95. The van der Waals surface area contributed by atoms with E-state index in [-0.39, 0.29) is 25.3 Å². The summed E-state index contributed by atoms with van der Waals surface area (Å²) in [6.45, 7) is 1.94. The summed E-state index contributed by atoms with van der Waals surface area (Å²) < 4.78 is 0. The number of hydrogen-bond donors (Lipinski definition) is 2. The van der Waals surface area contributed by atoms with Crippen molar-refractivity contribution in [2.24, 2.45) is 5.92 Å². The first-order valence-corrected chi connectivity index (χ1v) is 6.69. The van der Waals surface area contributed by atoms with Crippen molar-refractivity contribution >= 4 is 17.8 Å². The second-order valence-corrected chi connectivity index (χ2v) is 5.31. The van der Waals surface area contributed by atoms with Crippen LogP contribution >= 0.6 is 0 Å². The first-order valence-electron chi connectivity index (χ1n) is 6.69. The monoisotopic (exact) mass is 291 g/mol. The average Bonchev–Trinajstić information content (AvgIpc) is 2.78. The predicted octanol–water partition coefficient (Wildman–Crippen LogP) is 1.44. The van der Waals surface area contributed by atoms with E-state index < -0.39 is 23.9 Å². The minimum absolute atomic E-state index is 0.0556. The van der Waals surface area contributed by atoms with E-state index in [1.807, 2.05) is 19.1 Å². The topological polar surface area (TPSA) is 94.9 Å². The minimum atomic E-state index is -1.02. The van der Waals surface area contributed by atoms with E-state index in [4.69, 9.17) is 10.2 Å². The highest BCUT2D eigenvalue weighted by molar-refractivity contribution is 5.86. The third-order valence-corrected chi connectivity index (χ3v) is 3.68. The lowest BCUT2D eigenvalue weighted by Gasteiger charge is -2.27. The molecule has 2 atom stereocenters. The molecule has 0 spiro atoms. The Balaban J connectivity index is 2.30. The van der Waals surface area contributed by atoms with E-state index in [1.54, 1.807) is 12.1 Å². The molecule has 0 aromatic heterocycles. The Labute approximate surface area is 122 Å². The first kappa shape index (κ1) is 15.0. The highest BCUT2D eigenvalue weighted by Crippen LogP contribution is 2.31. The van der Waals surface area contributed by atoms with E-state index >= 15 is 0 Å². The zero-order valence-corrected chi connectivity index (χ0v) is 11.7. The number of aliphatic carboxylic acids is 2. The quantitative estimate of drug-likeness (QED) is 0.856. The van der Waals surface area contributed by atoms with Gasteiger partial charge in [0.05, 0.1) is 18.4 Å². The number of carbonyl (C=O) groups is 3. The molecule has 1 amide bonds. The summed E-state index contributed by atoms with van der Waals surface area (Å²) in [5.41, 5.74) is 1.68. The number of carboxylic acids is 2. The van der Waals surface area contributed by atoms with E-state index in [1.165, 1.54) is 4.90 Å². The van der Waals surface area contributed by atoms with Crippen molar-refractivity contribution in [3.8, 4) is 0 Å². The van der Waals surface area contributed by atoms with E-state index in [0.717, 1.165) is 11.1 Å². The van der Waals surface area contributed by atoms with Crippen LogP contribution in [-0.2, 0) is 14.4 Å². The van der Waals surface area contributed by atoms with Crippen LogP contribution in [0.3, 0.4) is 0 Å². The second-order valence-electron chi connectivity index (χ2n) is 5.31. The van der Waals surface area contributed by atoms with Gasteiger partial charge < -0.3 is 15.1 Å². The summed E-state index contributed by atoms with van der Waals surface area (Å²) in [7, 11) is 0. The van der Waals surface area contributed by atoms with Gasteiger partial charge in [-0.05, 0) is 12.5 Å². The molecule has 0 saturated carbocycles. The summed E-state index contributed by atoms with van der Waals surface area (Å²) in [5.74, 6) is -3.12. The lowest BCUT2D eigenvalue weighted by Crippen LogP contribution is -2.32. The maximum Gasteiger partial charge on any atom is 0.308 e. The SMILES string of the molecule is Cc1cccc(C(CC(=O)O)N2CC(C(=O)O)CC2=O)c1. The Hall–Kier alpha value is -2.37. The van der Waals surface area contributed by atoms with Crippen LogP contribution in [0, 0.1) is 12.8 Å².